The molecule has 0 atom stereocenters. The Morgan fingerprint density at radius 2 is 1.45 bits per heavy atom. The molecule has 0 aliphatic heterocycles. The lowest BCUT2D eigenvalue weighted by Crippen LogP contribution is -2.27. The van der Waals surface area contributed by atoms with E-state index in [2.05, 4.69) is 47.1 Å². The normalized spacial score (nSPS) is 15.6. The van der Waals surface area contributed by atoms with Crippen molar-refractivity contribution in [2.45, 2.75) is 39.4 Å². The molecule has 0 radical (unpaired) electrons. The molecule has 70 valence electrons. The van der Waals surface area contributed by atoms with Gasteiger partial charge in [0.2, 0.25) is 0 Å². The first-order valence-corrected chi connectivity index (χ1v) is 6.99. The molecule has 0 aliphatic carbocycles. The summed E-state index contributed by atoms with van der Waals surface area (Å²) >= 11 is 0. The third-order valence-corrected chi connectivity index (χ3v) is 7.22. The summed E-state index contributed by atoms with van der Waals surface area (Å²) < 4.78 is 0.511. The minimum atomic E-state index is -0.397. The van der Waals surface area contributed by atoms with Crippen LogP contribution in [0, 0.1) is 5.92 Å². The highest BCUT2D eigenvalue weighted by Crippen LogP contribution is 2.53. The molecule has 11 heavy (non-hydrogen) atoms. The van der Waals surface area contributed by atoms with Crippen molar-refractivity contribution in [2.75, 3.05) is 18.3 Å². The summed E-state index contributed by atoms with van der Waals surface area (Å²) in [6, 6.07) is 0. The Hall–Kier alpha value is 0.350. The molecule has 0 aromatic carbocycles. The first-order valence-electron chi connectivity index (χ1n) is 4.37. The van der Waals surface area contributed by atoms with E-state index < -0.39 is 10.0 Å². The van der Waals surface area contributed by atoms with Crippen LogP contribution in [0.25, 0.3) is 0 Å². The van der Waals surface area contributed by atoms with Gasteiger partial charge in [0.25, 0.3) is 0 Å². The molecule has 0 aliphatic rings. The standard InChI is InChI=1S/C10H24S/c1-9(2)8-11(6,7)10(3,4)5/h9H,8H2,1-7H3. The van der Waals surface area contributed by atoms with Gasteiger partial charge in [-0.05, 0) is 28.9 Å². The van der Waals surface area contributed by atoms with Crippen molar-refractivity contribution in [3.63, 3.8) is 0 Å². The van der Waals surface area contributed by atoms with Crippen LogP contribution in [0.3, 0.4) is 0 Å². The Morgan fingerprint density at radius 3 is 1.55 bits per heavy atom. The zero-order valence-electron chi connectivity index (χ0n) is 9.19. The van der Waals surface area contributed by atoms with E-state index in [0.717, 1.165) is 5.92 Å². The van der Waals surface area contributed by atoms with Gasteiger partial charge in [0, 0.05) is 0 Å². The Morgan fingerprint density at radius 1 is 1.09 bits per heavy atom. The van der Waals surface area contributed by atoms with E-state index in [-0.39, 0.29) is 0 Å². The fourth-order valence-corrected chi connectivity index (χ4v) is 3.25. The lowest BCUT2D eigenvalue weighted by atomic mass is 10.2. The minimum Gasteiger partial charge on any atom is -0.242 e. The number of rotatable bonds is 2. The van der Waals surface area contributed by atoms with Crippen molar-refractivity contribution in [3.8, 4) is 0 Å². The van der Waals surface area contributed by atoms with E-state index in [1.54, 1.807) is 0 Å². The maximum atomic E-state index is 2.45. The smallest absolute Gasteiger partial charge is 0.00871 e. The van der Waals surface area contributed by atoms with Gasteiger partial charge in [0.15, 0.2) is 0 Å². The average Bonchev–Trinajstić information content (AvgIpc) is 1.56. The zero-order chi connectivity index (χ0) is 9.28. The summed E-state index contributed by atoms with van der Waals surface area (Å²) in [6.07, 6.45) is 4.90. The van der Waals surface area contributed by atoms with Crippen molar-refractivity contribution in [1.82, 2.24) is 0 Å². The van der Waals surface area contributed by atoms with Gasteiger partial charge in [-0.1, -0.05) is 34.6 Å². The van der Waals surface area contributed by atoms with Crippen molar-refractivity contribution in [2.24, 2.45) is 5.92 Å². The lowest BCUT2D eigenvalue weighted by molar-refractivity contribution is 0.720. The highest BCUT2D eigenvalue weighted by molar-refractivity contribution is 8.33. The summed E-state index contributed by atoms with van der Waals surface area (Å²) in [5.74, 6) is 2.25. The summed E-state index contributed by atoms with van der Waals surface area (Å²) in [5, 5.41) is 0. The molecule has 0 rings (SSSR count). The quantitative estimate of drug-likeness (QED) is 0.604. The van der Waals surface area contributed by atoms with Gasteiger partial charge in [0.05, 0.1) is 0 Å². The molecule has 0 bridgehead atoms. The summed E-state index contributed by atoms with van der Waals surface area (Å²) in [7, 11) is -0.397. The van der Waals surface area contributed by atoms with Gasteiger partial charge in [-0.2, -0.15) is 0 Å². The Kier molecular flexibility index (Phi) is 3.49. The molecule has 0 fully saturated rings. The zero-order valence-corrected chi connectivity index (χ0v) is 10.0. The summed E-state index contributed by atoms with van der Waals surface area (Å²) in [5.41, 5.74) is 0. The third-order valence-electron chi connectivity index (χ3n) is 2.41. The van der Waals surface area contributed by atoms with E-state index >= 15 is 0 Å². The van der Waals surface area contributed by atoms with E-state index in [4.69, 9.17) is 0 Å². The van der Waals surface area contributed by atoms with Gasteiger partial charge >= 0.3 is 0 Å². The molecule has 0 spiro atoms. The van der Waals surface area contributed by atoms with E-state index in [9.17, 15) is 0 Å². The predicted octanol–water partition coefficient (Wildman–Crippen LogP) is 3.51. The van der Waals surface area contributed by atoms with E-state index in [0.29, 0.717) is 4.75 Å². The average molecular weight is 176 g/mol. The van der Waals surface area contributed by atoms with Gasteiger partial charge in [0.1, 0.15) is 0 Å². The van der Waals surface area contributed by atoms with Crippen LogP contribution < -0.4 is 0 Å². The van der Waals surface area contributed by atoms with E-state index in [1.165, 1.54) is 5.75 Å². The maximum absolute atomic E-state index is 2.45. The first kappa shape index (κ1) is 11.4. The van der Waals surface area contributed by atoms with Crippen LogP contribution >= 0.6 is 10.0 Å². The van der Waals surface area contributed by atoms with Crippen LogP contribution in [0.1, 0.15) is 34.6 Å². The van der Waals surface area contributed by atoms with Gasteiger partial charge in [-0.25, -0.2) is 10.0 Å². The van der Waals surface area contributed by atoms with Crippen LogP contribution in [0.4, 0.5) is 0 Å². The van der Waals surface area contributed by atoms with Crippen molar-refractivity contribution >= 4 is 10.0 Å². The van der Waals surface area contributed by atoms with Gasteiger partial charge < -0.3 is 0 Å². The summed E-state index contributed by atoms with van der Waals surface area (Å²) in [6.45, 7) is 11.7. The highest BCUT2D eigenvalue weighted by Gasteiger charge is 2.27. The Bertz CT molecular complexity index is 117. The number of hydrogen-bond donors (Lipinski definition) is 0. The van der Waals surface area contributed by atoms with Crippen molar-refractivity contribution < 1.29 is 0 Å². The van der Waals surface area contributed by atoms with Crippen molar-refractivity contribution in [1.29, 1.82) is 0 Å². The molecule has 0 saturated carbocycles. The molecular weight excluding hydrogens is 152 g/mol. The maximum Gasteiger partial charge on any atom is -0.00871 e. The Balaban J connectivity index is 4.22. The van der Waals surface area contributed by atoms with Crippen LogP contribution in [0.5, 0.6) is 0 Å². The SMILES string of the molecule is CC(C)CS(C)(C)C(C)(C)C. The molecule has 0 unspecified atom stereocenters. The first-order chi connectivity index (χ1) is 4.67. The van der Waals surface area contributed by atoms with Crippen LogP contribution in [0.15, 0.2) is 0 Å². The summed E-state index contributed by atoms with van der Waals surface area (Å²) in [4.78, 5) is 0. The molecule has 0 saturated heterocycles. The minimum absolute atomic E-state index is 0.397. The van der Waals surface area contributed by atoms with Crippen LogP contribution in [-0.2, 0) is 0 Å². The van der Waals surface area contributed by atoms with Gasteiger partial charge in [-0.3, -0.25) is 0 Å². The topological polar surface area (TPSA) is 0 Å². The van der Waals surface area contributed by atoms with E-state index in [1.807, 2.05) is 0 Å². The monoisotopic (exact) mass is 176 g/mol. The predicted molar refractivity (Wildman–Crippen MR) is 58.9 cm³/mol. The second-order valence-corrected chi connectivity index (χ2v) is 9.85. The van der Waals surface area contributed by atoms with Gasteiger partial charge in [-0.15, -0.1) is 0 Å². The largest absolute Gasteiger partial charge is 0.242 e. The molecule has 0 aromatic rings. The fraction of sp³-hybridized carbons (Fsp3) is 1.00. The molecule has 1 heteroatoms. The lowest BCUT2D eigenvalue weighted by Gasteiger charge is -2.45. The third kappa shape index (κ3) is 3.50. The molecule has 0 heterocycles. The molecule has 0 aromatic heterocycles. The van der Waals surface area contributed by atoms with Crippen molar-refractivity contribution in [3.05, 3.63) is 0 Å². The van der Waals surface area contributed by atoms with Crippen LogP contribution in [-0.4, -0.2) is 23.0 Å². The molecule has 0 amide bonds. The fourth-order valence-electron chi connectivity index (χ4n) is 1.08. The van der Waals surface area contributed by atoms with Crippen LogP contribution in [0.2, 0.25) is 0 Å². The molecular formula is C10H24S. The Labute approximate surface area is 74.1 Å². The second kappa shape index (κ2) is 3.38. The highest BCUT2D eigenvalue weighted by atomic mass is 32.3. The second-order valence-electron chi connectivity index (χ2n) is 5.21. The molecule has 0 nitrogen and oxygen atoms in total. The molecule has 0 N–H and O–H groups in total. The number of hydrogen-bond acceptors (Lipinski definition) is 0.